The Morgan fingerprint density at radius 2 is 1.57 bits per heavy atom. The van der Waals surface area contributed by atoms with Gasteiger partial charge in [0.1, 0.15) is 17.5 Å². The summed E-state index contributed by atoms with van der Waals surface area (Å²) in [6.07, 6.45) is 2.10. The SMILES string of the molecule is CN1CCN(Cc2nnc(C3CCN(Cc4ccccc4F)CC3)n2C)CC1. The molecule has 6 nitrogen and oxygen atoms in total. The van der Waals surface area contributed by atoms with Crippen molar-refractivity contribution >= 4 is 0 Å². The summed E-state index contributed by atoms with van der Waals surface area (Å²) in [5, 5.41) is 9.04. The lowest BCUT2D eigenvalue weighted by Gasteiger charge is -2.32. The molecule has 4 rings (SSSR count). The number of likely N-dealkylation sites (N-methyl/N-ethyl adjacent to an activating group) is 1. The molecule has 2 aliphatic rings. The summed E-state index contributed by atoms with van der Waals surface area (Å²) in [4.78, 5) is 7.18. The normalized spacial score (nSPS) is 20.7. The summed E-state index contributed by atoms with van der Waals surface area (Å²) in [6.45, 7) is 7.92. The summed E-state index contributed by atoms with van der Waals surface area (Å²) in [5.74, 6) is 2.50. The van der Waals surface area contributed by atoms with E-state index in [1.807, 2.05) is 12.1 Å². The first kappa shape index (κ1) is 19.5. The van der Waals surface area contributed by atoms with Crippen molar-refractivity contribution in [3.05, 3.63) is 47.3 Å². The smallest absolute Gasteiger partial charge is 0.146 e. The van der Waals surface area contributed by atoms with Crippen LogP contribution in [0.3, 0.4) is 0 Å². The molecule has 0 radical (unpaired) electrons. The van der Waals surface area contributed by atoms with E-state index >= 15 is 0 Å². The zero-order valence-corrected chi connectivity index (χ0v) is 17.0. The van der Waals surface area contributed by atoms with E-state index in [1.165, 1.54) is 0 Å². The molecule has 0 saturated carbocycles. The van der Waals surface area contributed by atoms with Crippen LogP contribution in [-0.4, -0.2) is 75.8 Å². The number of halogens is 1. The molecule has 0 N–H and O–H groups in total. The molecule has 0 amide bonds. The Balaban J connectivity index is 1.32. The van der Waals surface area contributed by atoms with Crippen LogP contribution in [0.4, 0.5) is 4.39 Å². The van der Waals surface area contributed by atoms with Gasteiger partial charge in [-0.2, -0.15) is 0 Å². The minimum Gasteiger partial charge on any atom is -0.317 e. The van der Waals surface area contributed by atoms with Gasteiger partial charge in [-0.3, -0.25) is 9.80 Å². The lowest BCUT2D eigenvalue weighted by molar-refractivity contribution is 0.144. The number of piperazine rings is 1. The Bertz CT molecular complexity index is 775. The van der Waals surface area contributed by atoms with E-state index in [0.717, 1.165) is 75.9 Å². The van der Waals surface area contributed by atoms with E-state index in [4.69, 9.17) is 0 Å². The summed E-state index contributed by atoms with van der Waals surface area (Å²) in [6, 6.07) is 7.09. The molecular weight excluding hydrogens is 355 g/mol. The van der Waals surface area contributed by atoms with Crippen LogP contribution in [0, 0.1) is 5.82 Å². The molecular formula is C21H31FN6. The highest BCUT2D eigenvalue weighted by Gasteiger charge is 2.26. The number of hydrogen-bond donors (Lipinski definition) is 0. The Hall–Kier alpha value is -1.83. The van der Waals surface area contributed by atoms with Gasteiger partial charge in [0.2, 0.25) is 0 Å². The highest BCUT2D eigenvalue weighted by Crippen LogP contribution is 2.28. The third-order valence-electron chi connectivity index (χ3n) is 6.26. The second-order valence-electron chi connectivity index (χ2n) is 8.25. The van der Waals surface area contributed by atoms with Crippen molar-refractivity contribution in [1.29, 1.82) is 0 Å². The van der Waals surface area contributed by atoms with Crippen molar-refractivity contribution in [3.8, 4) is 0 Å². The van der Waals surface area contributed by atoms with E-state index in [1.54, 1.807) is 12.1 Å². The minimum absolute atomic E-state index is 0.105. The number of hydrogen-bond acceptors (Lipinski definition) is 5. The molecule has 28 heavy (non-hydrogen) atoms. The maximum atomic E-state index is 13.9. The molecule has 0 unspecified atom stereocenters. The van der Waals surface area contributed by atoms with Gasteiger partial charge in [0, 0.05) is 51.3 Å². The Kier molecular flexibility index (Phi) is 6.04. The van der Waals surface area contributed by atoms with Crippen LogP contribution < -0.4 is 0 Å². The molecule has 0 spiro atoms. The molecule has 2 saturated heterocycles. The van der Waals surface area contributed by atoms with E-state index in [2.05, 4.69) is 43.6 Å². The minimum atomic E-state index is -0.105. The zero-order chi connectivity index (χ0) is 19.5. The molecule has 1 aromatic heterocycles. The number of nitrogens with zero attached hydrogens (tertiary/aromatic N) is 6. The van der Waals surface area contributed by atoms with Crippen molar-refractivity contribution < 1.29 is 4.39 Å². The summed E-state index contributed by atoms with van der Waals surface area (Å²) < 4.78 is 16.1. The average Bonchev–Trinajstić information content (AvgIpc) is 3.06. The van der Waals surface area contributed by atoms with Crippen molar-refractivity contribution in [2.75, 3.05) is 46.3 Å². The molecule has 152 valence electrons. The number of aromatic nitrogens is 3. The molecule has 2 fully saturated rings. The van der Waals surface area contributed by atoms with Gasteiger partial charge in [-0.05, 0) is 39.0 Å². The fraction of sp³-hybridized carbons (Fsp3) is 0.619. The topological polar surface area (TPSA) is 40.4 Å². The maximum Gasteiger partial charge on any atom is 0.146 e. The lowest BCUT2D eigenvalue weighted by atomic mass is 9.95. The second kappa shape index (κ2) is 8.68. The van der Waals surface area contributed by atoms with E-state index in [0.29, 0.717) is 12.5 Å². The molecule has 3 heterocycles. The van der Waals surface area contributed by atoms with Gasteiger partial charge in [0.15, 0.2) is 0 Å². The maximum absolute atomic E-state index is 13.9. The molecule has 1 aromatic carbocycles. The van der Waals surface area contributed by atoms with E-state index in [9.17, 15) is 4.39 Å². The Morgan fingerprint density at radius 3 is 2.29 bits per heavy atom. The first-order valence-corrected chi connectivity index (χ1v) is 10.3. The van der Waals surface area contributed by atoms with Crippen molar-refractivity contribution in [2.45, 2.75) is 31.8 Å². The van der Waals surface area contributed by atoms with E-state index < -0.39 is 0 Å². The summed E-state index contributed by atoms with van der Waals surface area (Å²) >= 11 is 0. The first-order chi connectivity index (χ1) is 13.6. The molecule has 0 aliphatic carbocycles. The fourth-order valence-corrected chi connectivity index (χ4v) is 4.29. The summed E-state index contributed by atoms with van der Waals surface area (Å²) in [5.41, 5.74) is 0.786. The monoisotopic (exact) mass is 386 g/mol. The van der Waals surface area contributed by atoms with Crippen LogP contribution in [0.1, 0.15) is 36.0 Å². The van der Waals surface area contributed by atoms with Gasteiger partial charge in [-0.25, -0.2) is 4.39 Å². The van der Waals surface area contributed by atoms with Crippen LogP contribution in [0.2, 0.25) is 0 Å². The quantitative estimate of drug-likeness (QED) is 0.787. The van der Waals surface area contributed by atoms with Gasteiger partial charge in [-0.15, -0.1) is 10.2 Å². The fourth-order valence-electron chi connectivity index (χ4n) is 4.29. The lowest BCUT2D eigenvalue weighted by Crippen LogP contribution is -2.44. The number of rotatable bonds is 5. The number of benzene rings is 1. The highest BCUT2D eigenvalue weighted by atomic mass is 19.1. The molecule has 2 aliphatic heterocycles. The largest absolute Gasteiger partial charge is 0.317 e. The number of likely N-dealkylation sites (tertiary alicyclic amines) is 1. The van der Waals surface area contributed by atoms with Crippen LogP contribution in [0.15, 0.2) is 24.3 Å². The van der Waals surface area contributed by atoms with Gasteiger partial charge in [0.25, 0.3) is 0 Å². The van der Waals surface area contributed by atoms with Crippen molar-refractivity contribution in [1.82, 2.24) is 29.5 Å². The van der Waals surface area contributed by atoms with Gasteiger partial charge >= 0.3 is 0 Å². The predicted octanol–water partition coefficient (Wildman–Crippen LogP) is 2.08. The molecule has 0 atom stereocenters. The Labute approximate surface area is 166 Å². The first-order valence-electron chi connectivity index (χ1n) is 10.3. The van der Waals surface area contributed by atoms with Crippen LogP contribution >= 0.6 is 0 Å². The highest BCUT2D eigenvalue weighted by molar-refractivity contribution is 5.17. The van der Waals surface area contributed by atoms with Gasteiger partial charge in [0.05, 0.1) is 6.54 Å². The second-order valence-corrected chi connectivity index (χ2v) is 8.25. The average molecular weight is 387 g/mol. The Morgan fingerprint density at radius 1 is 0.893 bits per heavy atom. The molecule has 0 bridgehead atoms. The van der Waals surface area contributed by atoms with Crippen molar-refractivity contribution in [2.24, 2.45) is 7.05 Å². The van der Waals surface area contributed by atoms with E-state index in [-0.39, 0.29) is 5.82 Å². The van der Waals surface area contributed by atoms with Gasteiger partial charge in [-0.1, -0.05) is 18.2 Å². The zero-order valence-electron chi connectivity index (χ0n) is 17.0. The molecule has 2 aromatic rings. The number of piperidine rings is 1. The third kappa shape index (κ3) is 4.42. The molecule has 7 heteroatoms. The standard InChI is InChI=1S/C21H31FN6/c1-25-11-13-28(14-12-25)16-20-23-24-21(26(20)2)17-7-9-27(10-8-17)15-18-5-3-4-6-19(18)22/h3-6,17H,7-16H2,1-2H3. The van der Waals surface area contributed by atoms with Gasteiger partial charge < -0.3 is 9.47 Å². The van der Waals surface area contributed by atoms with Crippen LogP contribution in [0.5, 0.6) is 0 Å². The third-order valence-corrected chi connectivity index (χ3v) is 6.26. The summed E-state index contributed by atoms with van der Waals surface area (Å²) in [7, 11) is 4.28. The van der Waals surface area contributed by atoms with Crippen molar-refractivity contribution in [3.63, 3.8) is 0 Å². The van der Waals surface area contributed by atoms with Crippen LogP contribution in [0.25, 0.3) is 0 Å². The predicted molar refractivity (Wildman–Crippen MR) is 107 cm³/mol. The van der Waals surface area contributed by atoms with Crippen LogP contribution in [-0.2, 0) is 20.1 Å².